The molecular formula is C14H26O2. The average Bonchev–Trinajstić information content (AvgIpc) is 2.33. The van der Waals surface area contributed by atoms with Crippen molar-refractivity contribution in [2.24, 2.45) is 0 Å². The Balaban J connectivity index is 1.96. The van der Waals surface area contributed by atoms with Crippen molar-refractivity contribution in [3.8, 4) is 0 Å². The summed E-state index contributed by atoms with van der Waals surface area (Å²) in [6.45, 7) is 2.55. The first-order valence-electron chi connectivity index (χ1n) is 6.96. The Morgan fingerprint density at radius 2 is 1.88 bits per heavy atom. The van der Waals surface area contributed by atoms with Gasteiger partial charge in [0.05, 0.1) is 6.10 Å². The van der Waals surface area contributed by atoms with Crippen molar-refractivity contribution in [3.63, 3.8) is 0 Å². The van der Waals surface area contributed by atoms with Crippen LogP contribution < -0.4 is 0 Å². The molecule has 0 radical (unpaired) electrons. The Morgan fingerprint density at radius 3 is 2.56 bits per heavy atom. The molecule has 0 spiro atoms. The number of ether oxygens (including phenoxy) is 1. The van der Waals surface area contributed by atoms with E-state index in [4.69, 9.17) is 4.74 Å². The van der Waals surface area contributed by atoms with Gasteiger partial charge in [-0.15, -0.1) is 0 Å². The van der Waals surface area contributed by atoms with Gasteiger partial charge in [-0.1, -0.05) is 45.4 Å². The van der Waals surface area contributed by atoms with E-state index in [2.05, 4.69) is 6.92 Å². The zero-order valence-electron chi connectivity index (χ0n) is 10.7. The van der Waals surface area contributed by atoms with Crippen molar-refractivity contribution in [2.45, 2.75) is 77.2 Å². The maximum absolute atomic E-state index is 11.5. The van der Waals surface area contributed by atoms with Crippen LogP contribution >= 0.6 is 0 Å². The van der Waals surface area contributed by atoms with Gasteiger partial charge in [-0.25, -0.2) is 0 Å². The van der Waals surface area contributed by atoms with E-state index in [1.54, 1.807) is 0 Å². The number of carbonyl (C=O) groups is 1. The van der Waals surface area contributed by atoms with Gasteiger partial charge in [-0.3, -0.25) is 4.79 Å². The van der Waals surface area contributed by atoms with Crippen LogP contribution in [0, 0.1) is 0 Å². The van der Waals surface area contributed by atoms with Crippen LogP contribution in [-0.4, -0.2) is 18.5 Å². The minimum atomic E-state index is 0.293. The quantitative estimate of drug-likeness (QED) is 0.587. The molecule has 0 aromatic carbocycles. The third kappa shape index (κ3) is 6.26. The summed E-state index contributed by atoms with van der Waals surface area (Å²) < 4.78 is 5.65. The number of rotatable bonds is 8. The van der Waals surface area contributed by atoms with E-state index in [0.29, 0.717) is 24.9 Å². The number of hydrogen-bond acceptors (Lipinski definition) is 2. The Morgan fingerprint density at radius 1 is 1.12 bits per heavy atom. The fourth-order valence-electron chi connectivity index (χ4n) is 2.26. The van der Waals surface area contributed by atoms with Gasteiger partial charge >= 0.3 is 0 Å². The second-order valence-corrected chi connectivity index (χ2v) is 4.92. The summed E-state index contributed by atoms with van der Waals surface area (Å²) >= 11 is 0. The van der Waals surface area contributed by atoms with Crippen LogP contribution in [-0.2, 0) is 9.53 Å². The Bertz CT molecular complexity index is 183. The van der Waals surface area contributed by atoms with E-state index in [1.165, 1.54) is 38.5 Å². The molecule has 0 aromatic heterocycles. The topological polar surface area (TPSA) is 26.3 Å². The van der Waals surface area contributed by atoms with E-state index >= 15 is 0 Å². The number of carbonyl (C=O) groups excluding carboxylic acids is 1. The standard InChI is InChI=1S/C14H26O2/c1-2-3-4-6-9-13(15)12-16-14-10-7-5-8-11-14/h14H,2-12H2,1H3. The average molecular weight is 226 g/mol. The monoisotopic (exact) mass is 226 g/mol. The molecule has 0 aromatic rings. The minimum Gasteiger partial charge on any atom is -0.370 e. The zero-order chi connectivity index (χ0) is 11.6. The third-order valence-corrected chi connectivity index (χ3v) is 3.34. The van der Waals surface area contributed by atoms with Crippen molar-refractivity contribution in [2.75, 3.05) is 6.61 Å². The van der Waals surface area contributed by atoms with E-state index in [9.17, 15) is 4.79 Å². The van der Waals surface area contributed by atoms with Crippen molar-refractivity contribution in [3.05, 3.63) is 0 Å². The van der Waals surface area contributed by atoms with Crippen LogP contribution in [0.5, 0.6) is 0 Å². The first kappa shape index (κ1) is 13.7. The smallest absolute Gasteiger partial charge is 0.158 e. The molecule has 0 saturated heterocycles. The molecule has 0 atom stereocenters. The van der Waals surface area contributed by atoms with E-state index < -0.39 is 0 Å². The first-order chi connectivity index (χ1) is 7.83. The molecule has 16 heavy (non-hydrogen) atoms. The number of Topliss-reactive ketones (excluding diaryl/α,β-unsaturated/α-hetero) is 1. The number of hydrogen-bond donors (Lipinski definition) is 0. The lowest BCUT2D eigenvalue weighted by Crippen LogP contribution is -2.20. The van der Waals surface area contributed by atoms with Gasteiger partial charge in [0.2, 0.25) is 0 Å². The molecule has 0 bridgehead atoms. The van der Waals surface area contributed by atoms with Crippen LogP contribution in [0.1, 0.15) is 71.1 Å². The molecule has 1 saturated carbocycles. The van der Waals surface area contributed by atoms with Crippen LogP contribution in [0.4, 0.5) is 0 Å². The Labute approximate surface area is 99.8 Å². The first-order valence-corrected chi connectivity index (χ1v) is 6.96. The highest BCUT2D eigenvalue weighted by molar-refractivity contribution is 5.79. The maximum atomic E-state index is 11.5. The largest absolute Gasteiger partial charge is 0.370 e. The Hall–Kier alpha value is -0.370. The van der Waals surface area contributed by atoms with Crippen molar-refractivity contribution < 1.29 is 9.53 Å². The van der Waals surface area contributed by atoms with Crippen LogP contribution in [0.15, 0.2) is 0 Å². The lowest BCUT2D eigenvalue weighted by molar-refractivity contribution is -0.126. The summed E-state index contributed by atoms with van der Waals surface area (Å²) in [5.41, 5.74) is 0. The molecule has 0 N–H and O–H groups in total. The van der Waals surface area contributed by atoms with Crippen molar-refractivity contribution in [1.82, 2.24) is 0 Å². The zero-order valence-corrected chi connectivity index (χ0v) is 10.7. The summed E-state index contributed by atoms with van der Waals surface area (Å²) in [5.74, 6) is 0.293. The predicted molar refractivity (Wildman–Crippen MR) is 66.6 cm³/mol. The molecule has 0 unspecified atom stereocenters. The predicted octanol–water partition coefficient (Wildman–Crippen LogP) is 3.88. The van der Waals surface area contributed by atoms with Gasteiger partial charge in [-0.2, -0.15) is 0 Å². The van der Waals surface area contributed by atoms with E-state index in [1.807, 2.05) is 0 Å². The third-order valence-electron chi connectivity index (χ3n) is 3.34. The molecule has 0 heterocycles. The fourth-order valence-corrected chi connectivity index (χ4v) is 2.26. The highest BCUT2D eigenvalue weighted by atomic mass is 16.5. The van der Waals surface area contributed by atoms with Crippen LogP contribution in [0.2, 0.25) is 0 Å². The fraction of sp³-hybridized carbons (Fsp3) is 0.929. The maximum Gasteiger partial charge on any atom is 0.158 e. The molecule has 2 nitrogen and oxygen atoms in total. The molecule has 1 fully saturated rings. The molecule has 94 valence electrons. The van der Waals surface area contributed by atoms with Crippen molar-refractivity contribution >= 4 is 5.78 Å². The van der Waals surface area contributed by atoms with E-state index in [0.717, 1.165) is 19.3 Å². The normalized spacial score (nSPS) is 17.6. The molecular weight excluding hydrogens is 200 g/mol. The Kier molecular flexibility index (Phi) is 7.48. The minimum absolute atomic E-state index is 0.293. The van der Waals surface area contributed by atoms with Crippen LogP contribution in [0.3, 0.4) is 0 Å². The summed E-state index contributed by atoms with van der Waals surface area (Å²) in [6.07, 6.45) is 12.0. The van der Waals surface area contributed by atoms with Gasteiger partial charge in [0.25, 0.3) is 0 Å². The van der Waals surface area contributed by atoms with E-state index in [-0.39, 0.29) is 0 Å². The summed E-state index contributed by atoms with van der Waals surface area (Å²) in [7, 11) is 0. The number of unbranched alkanes of at least 4 members (excludes halogenated alkanes) is 3. The lowest BCUT2D eigenvalue weighted by atomic mass is 9.98. The second kappa shape index (κ2) is 8.74. The summed E-state index contributed by atoms with van der Waals surface area (Å²) in [4.78, 5) is 11.5. The lowest BCUT2D eigenvalue weighted by Gasteiger charge is -2.21. The highest BCUT2D eigenvalue weighted by Gasteiger charge is 2.14. The molecule has 2 heteroatoms. The molecule has 1 aliphatic rings. The summed E-state index contributed by atoms with van der Waals surface area (Å²) in [5, 5.41) is 0. The SMILES string of the molecule is CCCCCCC(=O)COC1CCCCC1. The van der Waals surface area contributed by atoms with Gasteiger partial charge in [0.15, 0.2) is 5.78 Å². The van der Waals surface area contributed by atoms with Gasteiger partial charge < -0.3 is 4.74 Å². The second-order valence-electron chi connectivity index (χ2n) is 4.92. The molecule has 1 aliphatic carbocycles. The molecule has 0 aliphatic heterocycles. The summed E-state index contributed by atoms with van der Waals surface area (Å²) in [6, 6.07) is 0. The number of ketones is 1. The molecule has 1 rings (SSSR count). The highest BCUT2D eigenvalue weighted by Crippen LogP contribution is 2.20. The molecule has 0 amide bonds. The van der Waals surface area contributed by atoms with Crippen molar-refractivity contribution in [1.29, 1.82) is 0 Å². The van der Waals surface area contributed by atoms with Gasteiger partial charge in [0, 0.05) is 6.42 Å². The van der Waals surface area contributed by atoms with Gasteiger partial charge in [0.1, 0.15) is 6.61 Å². The van der Waals surface area contributed by atoms with Gasteiger partial charge in [-0.05, 0) is 19.3 Å². The van der Waals surface area contributed by atoms with Crippen LogP contribution in [0.25, 0.3) is 0 Å².